The Morgan fingerprint density at radius 3 is 2.63 bits per heavy atom. The molecule has 1 heterocycles. The van der Waals surface area contributed by atoms with Gasteiger partial charge in [0.2, 0.25) is 0 Å². The van der Waals surface area contributed by atoms with Gasteiger partial charge in [0.15, 0.2) is 5.78 Å². The lowest BCUT2D eigenvalue weighted by Crippen LogP contribution is -2.39. The highest BCUT2D eigenvalue weighted by atomic mass is 35.5. The van der Waals surface area contributed by atoms with Crippen molar-refractivity contribution in [3.63, 3.8) is 0 Å². The molecule has 0 fully saturated rings. The van der Waals surface area contributed by atoms with Crippen LogP contribution >= 0.6 is 23.2 Å². The zero-order valence-corrected chi connectivity index (χ0v) is 18.3. The number of ketones is 1. The van der Waals surface area contributed by atoms with Crippen LogP contribution < -0.4 is 10.6 Å². The largest absolute Gasteiger partial charge is 0.384 e. The molecule has 4 rings (SSSR count). The minimum Gasteiger partial charge on any atom is -0.384 e. The maximum atomic E-state index is 13.2. The number of anilines is 1. The molecule has 1 aliphatic carbocycles. The summed E-state index contributed by atoms with van der Waals surface area (Å²) >= 11 is 12.8. The average Bonchev–Trinajstić information content (AvgIpc) is 2.70. The Balaban J connectivity index is 2.02. The molecular formula is C24H21Cl2N3O. The number of carbonyl (C=O) groups excluding carboxylic acids is 1. The van der Waals surface area contributed by atoms with Crippen molar-refractivity contribution < 1.29 is 4.79 Å². The number of carbonyl (C=O) groups is 1. The fraction of sp³-hybridized carbons (Fsp3) is 0.250. The molecule has 2 N–H and O–H groups in total. The highest BCUT2D eigenvalue weighted by molar-refractivity contribution is 6.43. The van der Waals surface area contributed by atoms with Gasteiger partial charge in [-0.15, -0.1) is 0 Å². The minimum atomic E-state index is -0.479. The summed E-state index contributed by atoms with van der Waals surface area (Å²) in [6, 6.07) is 13.6. The monoisotopic (exact) mass is 437 g/mol. The lowest BCUT2D eigenvalue weighted by atomic mass is 9.74. The van der Waals surface area contributed by atoms with E-state index in [9.17, 15) is 10.1 Å². The molecule has 1 atom stereocenters. The van der Waals surface area contributed by atoms with Crippen LogP contribution in [0.25, 0.3) is 0 Å². The zero-order valence-electron chi connectivity index (χ0n) is 16.8. The molecule has 0 spiro atoms. The van der Waals surface area contributed by atoms with Crippen molar-refractivity contribution in [2.45, 2.75) is 39.0 Å². The number of rotatable bonds is 2. The first kappa shape index (κ1) is 20.5. The first-order chi connectivity index (χ1) is 14.3. The third-order valence-corrected chi connectivity index (χ3v) is 6.63. The molecule has 2 aromatic carbocycles. The molecule has 6 heteroatoms. The quantitative estimate of drug-likeness (QED) is 0.633. The summed E-state index contributed by atoms with van der Waals surface area (Å²) in [6.07, 6.45) is 1.85. The highest BCUT2D eigenvalue weighted by Gasteiger charge is 2.41. The van der Waals surface area contributed by atoms with E-state index in [-0.39, 0.29) is 5.78 Å². The van der Waals surface area contributed by atoms with Gasteiger partial charge in [0.05, 0.1) is 33.3 Å². The number of benzene rings is 2. The number of halogens is 2. The second-order valence-corrected chi connectivity index (χ2v) is 8.53. The SMILES string of the molecule is Cc1ccc(C2C(C#N)=C(N)N(c3cccc(Cl)c3Cl)C3=C2C(=O)CCC3)c(C)c1. The summed E-state index contributed by atoms with van der Waals surface area (Å²) in [4.78, 5) is 14.9. The topological polar surface area (TPSA) is 70.1 Å². The highest BCUT2D eigenvalue weighted by Crippen LogP contribution is 2.48. The van der Waals surface area contributed by atoms with Crippen molar-refractivity contribution >= 4 is 34.7 Å². The average molecular weight is 438 g/mol. The molecule has 0 bridgehead atoms. The van der Waals surface area contributed by atoms with E-state index in [1.165, 1.54) is 0 Å². The Morgan fingerprint density at radius 1 is 1.17 bits per heavy atom. The van der Waals surface area contributed by atoms with Gasteiger partial charge in [-0.2, -0.15) is 5.26 Å². The van der Waals surface area contributed by atoms with Crippen LogP contribution in [0, 0.1) is 25.2 Å². The summed E-state index contributed by atoms with van der Waals surface area (Å²) in [6.45, 7) is 4.02. The van der Waals surface area contributed by atoms with E-state index in [0.717, 1.165) is 28.8 Å². The van der Waals surface area contributed by atoms with E-state index in [4.69, 9.17) is 28.9 Å². The fourth-order valence-corrected chi connectivity index (χ4v) is 4.87. The molecule has 0 amide bonds. The first-order valence-corrected chi connectivity index (χ1v) is 10.6. The van der Waals surface area contributed by atoms with Crippen molar-refractivity contribution in [1.29, 1.82) is 5.26 Å². The summed E-state index contributed by atoms with van der Waals surface area (Å²) in [5, 5.41) is 10.8. The molecule has 4 nitrogen and oxygen atoms in total. The molecule has 0 saturated heterocycles. The van der Waals surface area contributed by atoms with E-state index in [0.29, 0.717) is 45.5 Å². The lowest BCUT2D eigenvalue weighted by Gasteiger charge is -2.40. The van der Waals surface area contributed by atoms with Gasteiger partial charge >= 0.3 is 0 Å². The molecule has 2 aromatic rings. The number of hydrogen-bond donors (Lipinski definition) is 1. The Morgan fingerprint density at radius 2 is 1.93 bits per heavy atom. The number of nitrogens with zero attached hydrogens (tertiary/aromatic N) is 2. The van der Waals surface area contributed by atoms with Crippen molar-refractivity contribution in [3.8, 4) is 6.07 Å². The summed E-state index contributed by atoms with van der Waals surface area (Å²) in [7, 11) is 0. The fourth-order valence-electron chi connectivity index (χ4n) is 4.49. The van der Waals surface area contributed by atoms with E-state index in [2.05, 4.69) is 12.1 Å². The maximum absolute atomic E-state index is 13.2. The first-order valence-electron chi connectivity index (χ1n) is 9.82. The van der Waals surface area contributed by atoms with Crippen molar-refractivity contribution in [1.82, 2.24) is 0 Å². The normalized spacial score (nSPS) is 19.1. The number of Topliss-reactive ketones (excluding diaryl/α,β-unsaturated/α-hetero) is 1. The third-order valence-electron chi connectivity index (χ3n) is 5.82. The molecular weight excluding hydrogens is 417 g/mol. The number of aryl methyl sites for hydroxylation is 2. The van der Waals surface area contributed by atoms with E-state index in [1.54, 1.807) is 23.1 Å². The van der Waals surface area contributed by atoms with Crippen LogP contribution in [0.1, 0.15) is 41.9 Å². The van der Waals surface area contributed by atoms with Crippen LogP contribution in [0.4, 0.5) is 5.69 Å². The van der Waals surface area contributed by atoms with Gasteiger partial charge in [-0.3, -0.25) is 9.69 Å². The van der Waals surface area contributed by atoms with Crippen LogP contribution in [0.15, 0.2) is 59.1 Å². The van der Waals surface area contributed by atoms with Gasteiger partial charge in [-0.25, -0.2) is 0 Å². The minimum absolute atomic E-state index is 0.0459. The Bertz CT molecular complexity index is 1170. The van der Waals surface area contributed by atoms with E-state index in [1.807, 2.05) is 26.0 Å². The Labute approximate surface area is 186 Å². The second kappa shape index (κ2) is 7.83. The Kier molecular flexibility index (Phi) is 5.36. The van der Waals surface area contributed by atoms with Crippen molar-refractivity contribution in [3.05, 3.63) is 85.8 Å². The molecule has 1 unspecified atom stereocenters. The van der Waals surface area contributed by atoms with Crippen LogP contribution in [-0.2, 0) is 4.79 Å². The zero-order chi connectivity index (χ0) is 21.6. The van der Waals surface area contributed by atoms with Crippen LogP contribution in [0.3, 0.4) is 0 Å². The van der Waals surface area contributed by atoms with Crippen LogP contribution in [0.2, 0.25) is 10.0 Å². The lowest BCUT2D eigenvalue weighted by molar-refractivity contribution is -0.116. The maximum Gasteiger partial charge on any atom is 0.161 e. The Hall–Kier alpha value is -2.74. The van der Waals surface area contributed by atoms with Crippen molar-refractivity contribution in [2.75, 3.05) is 4.90 Å². The molecule has 30 heavy (non-hydrogen) atoms. The smallest absolute Gasteiger partial charge is 0.161 e. The number of hydrogen-bond acceptors (Lipinski definition) is 4. The van der Waals surface area contributed by atoms with Crippen LogP contribution in [-0.4, -0.2) is 5.78 Å². The molecule has 0 radical (unpaired) electrons. The molecule has 1 aliphatic heterocycles. The summed E-state index contributed by atoms with van der Waals surface area (Å²) < 4.78 is 0. The predicted molar refractivity (Wildman–Crippen MR) is 120 cm³/mol. The van der Waals surface area contributed by atoms with Gasteiger partial charge in [0, 0.05) is 17.7 Å². The van der Waals surface area contributed by atoms with Crippen LogP contribution in [0.5, 0.6) is 0 Å². The second-order valence-electron chi connectivity index (χ2n) is 7.75. The van der Waals surface area contributed by atoms with Gasteiger partial charge in [0.25, 0.3) is 0 Å². The predicted octanol–water partition coefficient (Wildman–Crippen LogP) is 5.92. The third kappa shape index (κ3) is 3.19. The van der Waals surface area contributed by atoms with Gasteiger partial charge in [0.1, 0.15) is 5.82 Å². The van der Waals surface area contributed by atoms with Gasteiger partial charge < -0.3 is 5.73 Å². The number of allylic oxidation sites excluding steroid dienone is 3. The summed E-state index contributed by atoms with van der Waals surface area (Å²) in [5.74, 6) is -0.141. The molecule has 152 valence electrons. The number of nitrogens with two attached hydrogens (primary N) is 1. The molecule has 0 aromatic heterocycles. The van der Waals surface area contributed by atoms with Crippen molar-refractivity contribution in [2.24, 2.45) is 5.73 Å². The van der Waals surface area contributed by atoms with E-state index < -0.39 is 5.92 Å². The van der Waals surface area contributed by atoms with Gasteiger partial charge in [-0.05, 0) is 49.9 Å². The number of nitriles is 1. The molecule has 2 aliphatic rings. The van der Waals surface area contributed by atoms with E-state index >= 15 is 0 Å². The molecule has 0 saturated carbocycles. The van der Waals surface area contributed by atoms with Gasteiger partial charge in [-0.1, -0.05) is 53.0 Å². The standard InChI is InChI=1S/C24H21Cl2N3O/c1-13-9-10-15(14(2)11-13)21-16(12-27)24(28)29(18-6-4-8-20(30)22(18)21)19-7-3-5-17(25)23(19)26/h3,5,7,9-11,21H,4,6,8,28H2,1-2H3. The summed E-state index contributed by atoms with van der Waals surface area (Å²) in [5.41, 5.74) is 12.0.